The van der Waals surface area contributed by atoms with Crippen LogP contribution in [0.15, 0.2) is 30.3 Å². The van der Waals surface area contributed by atoms with Gasteiger partial charge in [-0.05, 0) is 61.3 Å². The summed E-state index contributed by atoms with van der Waals surface area (Å²) in [5, 5.41) is 3.18. The quantitative estimate of drug-likeness (QED) is 0.781. The lowest BCUT2D eigenvalue weighted by Crippen LogP contribution is -2.40. The zero-order chi connectivity index (χ0) is 21.2. The van der Waals surface area contributed by atoms with Gasteiger partial charge < -0.3 is 10.2 Å². The molecule has 0 unspecified atom stereocenters. The number of likely N-dealkylation sites (tertiary alicyclic amines) is 1. The van der Waals surface area contributed by atoms with Crippen LogP contribution in [0.3, 0.4) is 0 Å². The molecule has 0 saturated carbocycles. The first-order valence-corrected chi connectivity index (χ1v) is 12.5. The summed E-state index contributed by atoms with van der Waals surface area (Å²) in [5.41, 5.74) is 4.09. The topological polar surface area (TPSA) is 52.7 Å². The minimum Gasteiger partial charge on any atom is -0.355 e. The van der Waals surface area contributed by atoms with Gasteiger partial charge in [0, 0.05) is 50.1 Å². The van der Waals surface area contributed by atoms with Gasteiger partial charge in [0.2, 0.25) is 5.91 Å². The van der Waals surface area contributed by atoms with Crippen molar-refractivity contribution in [2.24, 2.45) is 5.92 Å². The van der Waals surface area contributed by atoms with E-state index in [1.54, 1.807) is 11.3 Å². The summed E-state index contributed by atoms with van der Waals surface area (Å²) in [6, 6.07) is 10.7. The molecule has 1 aromatic heterocycles. The molecule has 0 radical (unpaired) electrons. The molecule has 3 aliphatic rings. The molecule has 1 aliphatic carbocycles. The second-order valence-corrected chi connectivity index (χ2v) is 10.2. The van der Waals surface area contributed by atoms with E-state index in [1.807, 2.05) is 4.90 Å². The van der Waals surface area contributed by atoms with Crippen molar-refractivity contribution in [2.75, 3.05) is 32.7 Å². The molecule has 1 atom stereocenters. The highest BCUT2D eigenvalue weighted by Gasteiger charge is 2.29. The standard InChI is InChI=1S/C25H31N3O2S/c29-24(26-10-14-27-13-9-18-5-1-2-6-20(18)17-27)19-7-8-22-21(15-19)16-23(31-22)25(30)28-11-3-4-12-28/h1-2,5-6,16,19H,3-4,7-15,17H2,(H,26,29)/t19-/m1/s1. The predicted molar refractivity (Wildman–Crippen MR) is 123 cm³/mol. The van der Waals surface area contributed by atoms with Gasteiger partial charge in [0.25, 0.3) is 5.91 Å². The van der Waals surface area contributed by atoms with E-state index in [0.717, 1.165) is 76.1 Å². The van der Waals surface area contributed by atoms with Crippen LogP contribution in [0.4, 0.5) is 0 Å². The average Bonchev–Trinajstić information content (AvgIpc) is 3.48. The molecule has 0 bridgehead atoms. The number of hydrogen-bond donors (Lipinski definition) is 1. The Bertz CT molecular complexity index is 963. The largest absolute Gasteiger partial charge is 0.355 e. The Morgan fingerprint density at radius 3 is 2.68 bits per heavy atom. The summed E-state index contributed by atoms with van der Waals surface area (Å²) in [5.74, 6) is 0.376. The molecule has 1 aromatic carbocycles. The van der Waals surface area contributed by atoms with Gasteiger partial charge in [0.15, 0.2) is 0 Å². The number of benzene rings is 1. The van der Waals surface area contributed by atoms with Crippen molar-refractivity contribution in [3.63, 3.8) is 0 Å². The molecule has 164 valence electrons. The molecule has 0 spiro atoms. The highest BCUT2D eigenvalue weighted by Crippen LogP contribution is 2.33. The van der Waals surface area contributed by atoms with Gasteiger partial charge >= 0.3 is 0 Å². The number of nitrogens with one attached hydrogen (secondary N) is 1. The van der Waals surface area contributed by atoms with Gasteiger partial charge in [-0.2, -0.15) is 0 Å². The number of aryl methyl sites for hydroxylation is 1. The lowest BCUT2D eigenvalue weighted by Gasteiger charge is -2.29. The molecule has 6 heteroatoms. The number of rotatable bonds is 5. The van der Waals surface area contributed by atoms with Crippen molar-refractivity contribution in [2.45, 2.75) is 45.1 Å². The third-order valence-electron chi connectivity index (χ3n) is 6.99. The van der Waals surface area contributed by atoms with Crippen LogP contribution >= 0.6 is 11.3 Å². The highest BCUT2D eigenvalue weighted by molar-refractivity contribution is 7.14. The Hall–Kier alpha value is -2.18. The average molecular weight is 438 g/mol. The van der Waals surface area contributed by atoms with Gasteiger partial charge in [-0.15, -0.1) is 11.3 Å². The van der Waals surface area contributed by atoms with Crippen LogP contribution in [0.5, 0.6) is 0 Å². The number of hydrogen-bond acceptors (Lipinski definition) is 4. The van der Waals surface area contributed by atoms with Crippen LogP contribution in [0.1, 0.15) is 50.5 Å². The van der Waals surface area contributed by atoms with E-state index in [2.05, 4.69) is 40.5 Å². The molecule has 1 N–H and O–H groups in total. The van der Waals surface area contributed by atoms with E-state index < -0.39 is 0 Å². The first kappa shape index (κ1) is 20.7. The summed E-state index contributed by atoms with van der Waals surface area (Å²) in [4.78, 5) is 32.1. The maximum absolute atomic E-state index is 12.8. The molecule has 2 aromatic rings. The minimum absolute atomic E-state index is 0.0268. The van der Waals surface area contributed by atoms with E-state index in [4.69, 9.17) is 0 Å². The smallest absolute Gasteiger partial charge is 0.263 e. The lowest BCUT2D eigenvalue weighted by molar-refractivity contribution is -0.125. The van der Waals surface area contributed by atoms with Crippen LogP contribution in [0.25, 0.3) is 0 Å². The van der Waals surface area contributed by atoms with Crippen molar-refractivity contribution >= 4 is 23.2 Å². The number of thiophene rings is 1. The van der Waals surface area contributed by atoms with E-state index in [9.17, 15) is 9.59 Å². The minimum atomic E-state index is 0.0268. The molecule has 5 nitrogen and oxygen atoms in total. The molecule has 5 rings (SSSR count). The van der Waals surface area contributed by atoms with E-state index in [-0.39, 0.29) is 17.7 Å². The summed E-state index contributed by atoms with van der Waals surface area (Å²) < 4.78 is 0. The summed E-state index contributed by atoms with van der Waals surface area (Å²) >= 11 is 1.65. The van der Waals surface area contributed by atoms with Crippen LogP contribution in [-0.4, -0.2) is 54.3 Å². The van der Waals surface area contributed by atoms with Crippen LogP contribution in [-0.2, 0) is 30.6 Å². The van der Waals surface area contributed by atoms with Crippen molar-refractivity contribution in [3.05, 3.63) is 56.8 Å². The fourth-order valence-corrected chi connectivity index (χ4v) is 6.33. The molecular weight excluding hydrogens is 406 g/mol. The molecule has 31 heavy (non-hydrogen) atoms. The van der Waals surface area contributed by atoms with Gasteiger partial charge in [-0.1, -0.05) is 24.3 Å². The molecular formula is C25H31N3O2S. The maximum atomic E-state index is 12.8. The van der Waals surface area contributed by atoms with Gasteiger partial charge in [-0.3, -0.25) is 14.5 Å². The molecule has 2 aliphatic heterocycles. The number of carbonyl (C=O) groups excluding carboxylic acids is 2. The first-order valence-electron chi connectivity index (χ1n) is 11.6. The predicted octanol–water partition coefficient (Wildman–Crippen LogP) is 3.26. The third-order valence-corrected chi connectivity index (χ3v) is 8.22. The van der Waals surface area contributed by atoms with E-state index in [0.29, 0.717) is 6.54 Å². The molecule has 2 amide bonds. The number of fused-ring (bicyclic) bond motifs is 2. The van der Waals surface area contributed by atoms with Crippen LogP contribution in [0, 0.1) is 5.92 Å². The Balaban J connectivity index is 1.11. The second-order valence-electron chi connectivity index (χ2n) is 9.08. The molecule has 1 fully saturated rings. The first-order chi connectivity index (χ1) is 15.2. The van der Waals surface area contributed by atoms with Crippen LogP contribution < -0.4 is 5.32 Å². The summed E-state index contributed by atoms with van der Waals surface area (Å²) in [6.45, 7) is 5.39. The fraction of sp³-hybridized carbons (Fsp3) is 0.520. The van der Waals surface area contributed by atoms with Crippen molar-refractivity contribution in [1.82, 2.24) is 15.1 Å². The second kappa shape index (κ2) is 9.13. The van der Waals surface area contributed by atoms with Gasteiger partial charge in [0.05, 0.1) is 4.88 Å². The van der Waals surface area contributed by atoms with Crippen LogP contribution in [0.2, 0.25) is 0 Å². The van der Waals surface area contributed by atoms with Gasteiger partial charge in [0.1, 0.15) is 0 Å². The monoisotopic (exact) mass is 437 g/mol. The third kappa shape index (κ3) is 4.55. The normalized spacial score (nSPS) is 20.9. The zero-order valence-corrected chi connectivity index (χ0v) is 18.9. The SMILES string of the molecule is O=C(NCCN1CCc2ccccc2C1)[C@@H]1CCc2sc(C(=O)N3CCCC3)cc2C1. The highest BCUT2D eigenvalue weighted by atomic mass is 32.1. The lowest BCUT2D eigenvalue weighted by atomic mass is 9.87. The Morgan fingerprint density at radius 2 is 1.84 bits per heavy atom. The molecule has 3 heterocycles. The van der Waals surface area contributed by atoms with Crippen molar-refractivity contribution in [1.29, 1.82) is 0 Å². The number of carbonyl (C=O) groups is 2. The number of nitrogens with zero attached hydrogens (tertiary/aromatic N) is 2. The number of amides is 2. The maximum Gasteiger partial charge on any atom is 0.263 e. The Labute approximate surface area is 188 Å². The van der Waals surface area contributed by atoms with E-state index >= 15 is 0 Å². The summed E-state index contributed by atoms with van der Waals surface area (Å²) in [7, 11) is 0. The Kier molecular flexibility index (Phi) is 6.10. The van der Waals surface area contributed by atoms with E-state index in [1.165, 1.54) is 21.6 Å². The molecule has 1 saturated heterocycles. The van der Waals surface area contributed by atoms with Crippen molar-refractivity contribution in [3.8, 4) is 0 Å². The van der Waals surface area contributed by atoms with Crippen molar-refractivity contribution < 1.29 is 9.59 Å². The summed E-state index contributed by atoms with van der Waals surface area (Å²) in [6.07, 6.45) is 5.88. The van der Waals surface area contributed by atoms with Gasteiger partial charge in [-0.25, -0.2) is 0 Å². The zero-order valence-electron chi connectivity index (χ0n) is 18.1. The Morgan fingerprint density at radius 1 is 1.03 bits per heavy atom. The fourth-order valence-electron chi connectivity index (χ4n) is 5.16.